The summed E-state index contributed by atoms with van der Waals surface area (Å²) in [7, 11) is 6.50. The van der Waals surface area contributed by atoms with E-state index in [4.69, 9.17) is 4.74 Å². The van der Waals surface area contributed by atoms with Crippen LogP contribution in [0.3, 0.4) is 0 Å². The molecule has 1 N–H and O–H groups in total. The van der Waals surface area contributed by atoms with Gasteiger partial charge in [0.25, 0.3) is 0 Å². The van der Waals surface area contributed by atoms with Crippen molar-refractivity contribution in [3.63, 3.8) is 0 Å². The lowest BCUT2D eigenvalue weighted by atomic mass is 9.83. The van der Waals surface area contributed by atoms with Crippen LogP contribution in [0.15, 0.2) is 36.7 Å². The summed E-state index contributed by atoms with van der Waals surface area (Å²) in [5.74, 6) is 0.0172. The maximum atomic E-state index is 13.7. The number of carbonyl (C=O) groups is 2. The molecule has 0 aliphatic carbocycles. The number of aliphatic carboxylic acids is 1. The van der Waals surface area contributed by atoms with E-state index in [9.17, 15) is 14.7 Å². The number of hydrogen-bond donors (Lipinski definition) is 1. The van der Waals surface area contributed by atoms with Crippen LogP contribution in [0.2, 0.25) is 0 Å². The zero-order chi connectivity index (χ0) is 28.7. The quantitative estimate of drug-likeness (QED) is 0.360. The average molecular weight is 553 g/mol. The number of quaternary nitrogens is 1. The van der Waals surface area contributed by atoms with Crippen LogP contribution in [0, 0.1) is 5.92 Å². The lowest BCUT2D eigenvalue weighted by molar-refractivity contribution is -0.870. The molecule has 0 spiro atoms. The predicted molar refractivity (Wildman–Crippen MR) is 154 cm³/mol. The van der Waals surface area contributed by atoms with Crippen molar-refractivity contribution in [2.75, 3.05) is 60.5 Å². The predicted octanol–water partition coefficient (Wildman–Crippen LogP) is 3.24. The summed E-state index contributed by atoms with van der Waals surface area (Å²) in [5, 5.41) is 10.5. The summed E-state index contributed by atoms with van der Waals surface area (Å²) in [6, 6.07) is 7.58. The maximum Gasteiger partial charge on any atom is 0.308 e. The van der Waals surface area contributed by atoms with E-state index in [1.54, 1.807) is 18.5 Å². The first-order chi connectivity index (χ1) is 19.2. The molecule has 1 fully saturated rings. The molecule has 0 bridgehead atoms. The molecule has 1 aromatic heterocycles. The van der Waals surface area contributed by atoms with E-state index in [2.05, 4.69) is 49.0 Å². The molecule has 9 nitrogen and oxygen atoms in total. The number of fused-ring (bicyclic) bond motifs is 1. The van der Waals surface area contributed by atoms with Gasteiger partial charge in [-0.15, -0.1) is 0 Å². The number of likely N-dealkylation sites (tertiary alicyclic amines) is 1. The third kappa shape index (κ3) is 7.79. The van der Waals surface area contributed by atoms with Crippen LogP contribution in [-0.4, -0.2) is 108 Å². The van der Waals surface area contributed by atoms with E-state index in [1.165, 1.54) is 0 Å². The lowest BCUT2D eigenvalue weighted by Crippen LogP contribution is -2.45. The molecule has 1 amide bonds. The Kier molecular flexibility index (Phi) is 10.1. The Morgan fingerprint density at radius 3 is 2.60 bits per heavy atom. The highest BCUT2D eigenvalue weighted by Gasteiger charge is 2.47. The van der Waals surface area contributed by atoms with Gasteiger partial charge in [0.2, 0.25) is 5.91 Å². The van der Waals surface area contributed by atoms with E-state index in [0.717, 1.165) is 66.7 Å². The highest BCUT2D eigenvalue weighted by atomic mass is 16.5. The maximum absolute atomic E-state index is 13.7. The molecule has 4 rings (SSSR count). The van der Waals surface area contributed by atoms with Gasteiger partial charge >= 0.3 is 5.97 Å². The van der Waals surface area contributed by atoms with E-state index in [-0.39, 0.29) is 24.4 Å². The van der Waals surface area contributed by atoms with Crippen molar-refractivity contribution in [1.82, 2.24) is 19.8 Å². The second-order valence-electron chi connectivity index (χ2n) is 12.2. The van der Waals surface area contributed by atoms with Crippen LogP contribution < -0.4 is 4.74 Å². The Hall–Kier alpha value is -3.04. The molecule has 1 aromatic carbocycles. The number of nitrogens with zero attached hydrogens (tertiary/aromatic N) is 5. The number of unbranched alkanes of at least 4 members (excludes halogenated alkanes) is 1. The summed E-state index contributed by atoms with van der Waals surface area (Å²) in [6.07, 6.45) is 8.32. The van der Waals surface area contributed by atoms with Gasteiger partial charge in [-0.05, 0) is 36.1 Å². The summed E-state index contributed by atoms with van der Waals surface area (Å²) >= 11 is 0. The number of hydrogen-bond acceptors (Lipinski definition) is 6. The van der Waals surface area contributed by atoms with Gasteiger partial charge in [0.1, 0.15) is 11.6 Å². The topological polar surface area (TPSA) is 95.9 Å². The van der Waals surface area contributed by atoms with Gasteiger partial charge < -0.3 is 19.2 Å². The molecule has 218 valence electrons. The molecule has 2 aliphatic rings. The van der Waals surface area contributed by atoms with E-state index in [1.807, 2.05) is 17.0 Å². The third-order valence-corrected chi connectivity index (χ3v) is 8.19. The van der Waals surface area contributed by atoms with E-state index < -0.39 is 11.9 Å². The average Bonchev–Trinajstić information content (AvgIpc) is 3.53. The molecule has 0 radical (unpaired) electrons. The van der Waals surface area contributed by atoms with Crippen molar-refractivity contribution >= 4 is 11.9 Å². The fraction of sp³-hybridized carbons (Fsp3) is 0.613. The van der Waals surface area contributed by atoms with Crippen molar-refractivity contribution < 1.29 is 23.9 Å². The first kappa shape index (κ1) is 29.9. The Labute approximate surface area is 238 Å². The first-order valence-corrected chi connectivity index (χ1v) is 14.7. The molecule has 1 saturated heterocycles. The first-order valence-electron chi connectivity index (χ1n) is 14.7. The van der Waals surface area contributed by atoms with Crippen LogP contribution >= 0.6 is 0 Å². The second kappa shape index (κ2) is 13.5. The zero-order valence-electron chi connectivity index (χ0n) is 24.6. The number of carbonyl (C=O) groups excluding carboxylic acids is 1. The van der Waals surface area contributed by atoms with E-state index >= 15 is 0 Å². The minimum Gasteiger partial charge on any atom is -0.493 e. The van der Waals surface area contributed by atoms with Crippen molar-refractivity contribution in [3.8, 4) is 5.75 Å². The Morgan fingerprint density at radius 2 is 1.90 bits per heavy atom. The Bertz CT molecular complexity index is 1140. The fourth-order valence-corrected chi connectivity index (χ4v) is 6.08. The van der Waals surface area contributed by atoms with Gasteiger partial charge in [0.15, 0.2) is 0 Å². The van der Waals surface area contributed by atoms with Crippen LogP contribution in [0.1, 0.15) is 55.5 Å². The van der Waals surface area contributed by atoms with E-state index in [0.29, 0.717) is 31.8 Å². The number of carboxylic acid groups (broad SMARTS) is 1. The number of rotatable bonds is 14. The van der Waals surface area contributed by atoms with Gasteiger partial charge in [-0.25, -0.2) is 9.97 Å². The number of amides is 1. The highest BCUT2D eigenvalue weighted by molar-refractivity contribution is 5.79. The summed E-state index contributed by atoms with van der Waals surface area (Å²) in [6.45, 7) is 6.01. The zero-order valence-corrected chi connectivity index (χ0v) is 24.6. The number of aromatic nitrogens is 2. The molecular formula is C31H46N5O4+. The van der Waals surface area contributed by atoms with Crippen LogP contribution in [0.25, 0.3) is 0 Å². The molecule has 3 heterocycles. The van der Waals surface area contributed by atoms with Gasteiger partial charge in [-0.3, -0.25) is 14.5 Å². The highest BCUT2D eigenvalue weighted by Crippen LogP contribution is 2.41. The molecule has 2 aromatic rings. The van der Waals surface area contributed by atoms with Gasteiger partial charge in [0.05, 0.1) is 46.8 Å². The number of aryl methyl sites for hydroxylation is 1. The molecular weight excluding hydrogens is 506 g/mol. The third-order valence-electron chi connectivity index (χ3n) is 8.19. The molecule has 2 aliphatic heterocycles. The van der Waals surface area contributed by atoms with Gasteiger partial charge in [-0.2, -0.15) is 0 Å². The van der Waals surface area contributed by atoms with Crippen molar-refractivity contribution in [2.45, 2.75) is 57.4 Å². The number of benzene rings is 1. The molecule has 9 heteroatoms. The smallest absolute Gasteiger partial charge is 0.308 e. The summed E-state index contributed by atoms with van der Waals surface area (Å²) < 4.78 is 6.55. The normalized spacial score (nSPS) is 20.8. The SMILES string of the molecule is CCCCN(CCC[N+](C)(C)C)C(=O)CN1C[C@H](c2ccc3c(c2)CCO3)C(C(=O)O)[C@@H]1CCc1ncccn1. The van der Waals surface area contributed by atoms with Gasteiger partial charge in [0, 0.05) is 63.3 Å². The second-order valence-corrected chi connectivity index (χ2v) is 12.2. The minimum atomic E-state index is -0.818. The van der Waals surface area contributed by atoms with Crippen molar-refractivity contribution in [2.24, 2.45) is 5.92 Å². The largest absolute Gasteiger partial charge is 0.493 e. The lowest BCUT2D eigenvalue weighted by Gasteiger charge is -2.30. The van der Waals surface area contributed by atoms with Crippen molar-refractivity contribution in [3.05, 3.63) is 53.6 Å². The molecule has 1 unspecified atom stereocenters. The summed E-state index contributed by atoms with van der Waals surface area (Å²) in [4.78, 5) is 39.4. The Balaban J connectivity index is 1.56. The molecule has 0 saturated carbocycles. The Morgan fingerprint density at radius 1 is 1.15 bits per heavy atom. The number of carboxylic acids is 1. The minimum absolute atomic E-state index is 0.0861. The van der Waals surface area contributed by atoms with Gasteiger partial charge in [-0.1, -0.05) is 25.5 Å². The molecule has 3 atom stereocenters. The van der Waals surface area contributed by atoms with Crippen LogP contribution in [0.5, 0.6) is 5.75 Å². The summed E-state index contributed by atoms with van der Waals surface area (Å²) in [5.41, 5.74) is 2.15. The van der Waals surface area contributed by atoms with Crippen LogP contribution in [-0.2, 0) is 22.4 Å². The number of ether oxygens (including phenoxy) is 1. The standard InChI is InChI=1S/C31H45N5O4/c1-5-6-16-34(17-8-18-36(2,3)4)29(37)22-35-21-25(23-9-11-27-24(20-23)13-19-40-27)30(31(38)39)26(35)10-12-28-32-14-7-15-33-28/h7,9,11,14-15,20,25-26,30H,5-6,8,10,12-13,16-19,21-22H2,1-4H3/p+1/t25-,26+,30?/m1/s1. The molecule has 40 heavy (non-hydrogen) atoms. The monoisotopic (exact) mass is 552 g/mol. The van der Waals surface area contributed by atoms with Crippen molar-refractivity contribution in [1.29, 1.82) is 0 Å². The fourth-order valence-electron chi connectivity index (χ4n) is 6.08. The van der Waals surface area contributed by atoms with Crippen LogP contribution in [0.4, 0.5) is 0 Å².